The number of ether oxygens (including phenoxy) is 2. The first kappa shape index (κ1) is 19.0. The van der Waals surface area contributed by atoms with Crippen molar-refractivity contribution < 1.29 is 14.3 Å². The van der Waals surface area contributed by atoms with Crippen molar-refractivity contribution in [2.24, 2.45) is 0 Å². The van der Waals surface area contributed by atoms with E-state index in [4.69, 9.17) is 14.3 Å². The first-order chi connectivity index (χ1) is 13.2. The predicted octanol–water partition coefficient (Wildman–Crippen LogP) is 4.30. The maximum atomic E-state index is 6.86. The zero-order valence-corrected chi connectivity index (χ0v) is 17.9. The molecule has 1 aromatic carbocycles. The van der Waals surface area contributed by atoms with E-state index in [1.807, 2.05) is 0 Å². The number of rotatable bonds is 1. The maximum absolute atomic E-state index is 6.86. The molecule has 1 saturated carbocycles. The van der Waals surface area contributed by atoms with Gasteiger partial charge in [-0.1, -0.05) is 49.6 Å². The molecule has 5 rings (SSSR count). The van der Waals surface area contributed by atoms with Gasteiger partial charge >= 0.3 is 0 Å². The molecule has 3 aliphatic heterocycles. The topological polar surface area (TPSA) is 46.3 Å². The van der Waals surface area contributed by atoms with E-state index in [-0.39, 0.29) is 22.7 Å². The number of fused-ring (bicyclic) bond motifs is 2. The average molecular weight is 387 g/mol. The summed E-state index contributed by atoms with van der Waals surface area (Å²) in [6.45, 7) is 11.6. The van der Waals surface area contributed by atoms with Gasteiger partial charge in [-0.25, -0.2) is 4.84 Å². The minimum Gasteiger partial charge on any atom is -0.353 e. The molecule has 5 nitrogen and oxygen atoms in total. The Morgan fingerprint density at radius 1 is 1.04 bits per heavy atom. The van der Waals surface area contributed by atoms with Gasteiger partial charge in [-0.3, -0.25) is 5.32 Å². The zero-order chi connectivity index (χ0) is 19.8. The number of hydroxylamine groups is 2. The summed E-state index contributed by atoms with van der Waals surface area (Å²) in [5, 5.41) is 5.86. The van der Waals surface area contributed by atoms with Crippen molar-refractivity contribution in [1.82, 2.24) is 10.4 Å². The van der Waals surface area contributed by atoms with Gasteiger partial charge in [0.05, 0.1) is 12.6 Å². The molecule has 5 heteroatoms. The number of epoxide rings is 1. The molecule has 1 aromatic rings. The summed E-state index contributed by atoms with van der Waals surface area (Å²) in [6, 6.07) is 10.7. The second-order valence-electron chi connectivity index (χ2n) is 10.7. The fourth-order valence-corrected chi connectivity index (χ4v) is 5.73. The Morgan fingerprint density at radius 3 is 2.29 bits per heavy atom. The monoisotopic (exact) mass is 386 g/mol. The molecule has 0 radical (unpaired) electrons. The number of nitrogens with one attached hydrogen (secondary N) is 1. The summed E-state index contributed by atoms with van der Waals surface area (Å²) in [4.78, 5) is 6.76. The SMILES string of the molecule is CC1(C)CO[C@@]2(N1)ON(C(C)(C)C)[C@@H](c1ccccc1)[C@]21OC12CCCCC2. The van der Waals surface area contributed by atoms with Crippen LogP contribution < -0.4 is 5.32 Å². The summed E-state index contributed by atoms with van der Waals surface area (Å²) < 4.78 is 13.4. The number of hydrogen-bond donors (Lipinski definition) is 1. The van der Waals surface area contributed by atoms with E-state index < -0.39 is 11.5 Å². The van der Waals surface area contributed by atoms with Crippen LogP contribution in [0.1, 0.15) is 78.3 Å². The first-order valence-corrected chi connectivity index (χ1v) is 10.8. The van der Waals surface area contributed by atoms with Crippen LogP contribution in [0.5, 0.6) is 0 Å². The van der Waals surface area contributed by atoms with Crippen molar-refractivity contribution in [2.75, 3.05) is 6.61 Å². The molecule has 3 spiro atoms. The maximum Gasteiger partial charge on any atom is 0.280 e. The summed E-state index contributed by atoms with van der Waals surface area (Å²) in [5.74, 6) is -0.943. The lowest BCUT2D eigenvalue weighted by atomic mass is 9.73. The average Bonchev–Trinajstić information content (AvgIpc) is 3.00. The molecule has 154 valence electrons. The standard InChI is InChI=1S/C23H34N2O3/c1-19(2,3)25-18(17-12-8-6-9-13-17)22(21(27-22)14-10-7-11-15-21)23(28-25)24-20(4,5)16-26-23/h6,8-9,12-13,18,24H,7,10-11,14-16H2,1-5H3/t18-,22+,23+/m0/s1. The van der Waals surface area contributed by atoms with Gasteiger partial charge in [-0.15, -0.1) is 0 Å². The zero-order valence-electron chi connectivity index (χ0n) is 17.9. The van der Waals surface area contributed by atoms with E-state index in [1.165, 1.54) is 24.8 Å². The molecule has 3 atom stereocenters. The Morgan fingerprint density at radius 2 is 1.71 bits per heavy atom. The molecule has 28 heavy (non-hydrogen) atoms. The molecule has 1 aliphatic carbocycles. The lowest BCUT2D eigenvalue weighted by Crippen LogP contribution is -2.60. The van der Waals surface area contributed by atoms with Crippen LogP contribution in [0.3, 0.4) is 0 Å². The molecule has 1 N–H and O–H groups in total. The Kier molecular flexibility index (Phi) is 3.93. The Labute approximate surface area is 168 Å². The minimum absolute atomic E-state index is 0.0202. The largest absolute Gasteiger partial charge is 0.353 e. The Balaban J connectivity index is 1.68. The molecular weight excluding hydrogens is 352 g/mol. The third-order valence-electron chi connectivity index (χ3n) is 6.90. The van der Waals surface area contributed by atoms with Gasteiger partial charge in [0.2, 0.25) is 0 Å². The highest BCUT2D eigenvalue weighted by molar-refractivity contribution is 5.37. The van der Waals surface area contributed by atoms with Crippen molar-refractivity contribution in [2.45, 2.75) is 101 Å². The molecular formula is C23H34N2O3. The third-order valence-corrected chi connectivity index (χ3v) is 6.90. The second-order valence-corrected chi connectivity index (χ2v) is 10.7. The van der Waals surface area contributed by atoms with Gasteiger partial charge in [0.25, 0.3) is 5.91 Å². The van der Waals surface area contributed by atoms with Crippen LogP contribution in [0, 0.1) is 0 Å². The van der Waals surface area contributed by atoms with Crippen LogP contribution >= 0.6 is 0 Å². The van der Waals surface area contributed by atoms with E-state index >= 15 is 0 Å². The first-order valence-electron chi connectivity index (χ1n) is 10.8. The van der Waals surface area contributed by atoms with Gasteiger partial charge in [0, 0.05) is 11.1 Å². The summed E-state index contributed by atoms with van der Waals surface area (Å²) in [6.07, 6.45) is 5.85. The predicted molar refractivity (Wildman–Crippen MR) is 107 cm³/mol. The normalized spacial score (nSPS) is 39.2. The van der Waals surface area contributed by atoms with Crippen molar-refractivity contribution in [3.63, 3.8) is 0 Å². The van der Waals surface area contributed by atoms with Crippen LogP contribution in [-0.4, -0.2) is 39.9 Å². The quantitative estimate of drug-likeness (QED) is 0.729. The van der Waals surface area contributed by atoms with Crippen molar-refractivity contribution >= 4 is 0 Å². The van der Waals surface area contributed by atoms with Gasteiger partial charge < -0.3 is 9.47 Å². The Hall–Kier alpha value is -0.980. The lowest BCUT2D eigenvalue weighted by molar-refractivity contribution is -0.329. The molecule has 0 unspecified atom stereocenters. The summed E-state index contributed by atoms with van der Waals surface area (Å²) >= 11 is 0. The van der Waals surface area contributed by atoms with E-state index in [0.29, 0.717) is 6.61 Å². The van der Waals surface area contributed by atoms with Crippen LogP contribution in [-0.2, 0) is 14.3 Å². The molecule has 0 bridgehead atoms. The molecule has 4 fully saturated rings. The van der Waals surface area contributed by atoms with E-state index in [0.717, 1.165) is 12.8 Å². The van der Waals surface area contributed by atoms with Crippen LogP contribution in [0.15, 0.2) is 30.3 Å². The second kappa shape index (κ2) is 5.79. The van der Waals surface area contributed by atoms with Crippen LogP contribution in [0.2, 0.25) is 0 Å². The third kappa shape index (κ3) is 2.43. The van der Waals surface area contributed by atoms with Crippen molar-refractivity contribution in [3.8, 4) is 0 Å². The lowest BCUT2D eigenvalue weighted by Gasteiger charge is -2.35. The van der Waals surface area contributed by atoms with Crippen LogP contribution in [0.25, 0.3) is 0 Å². The molecule has 0 aromatic heterocycles. The highest BCUT2D eigenvalue weighted by Crippen LogP contribution is 2.72. The van der Waals surface area contributed by atoms with E-state index in [1.54, 1.807) is 0 Å². The smallest absolute Gasteiger partial charge is 0.280 e. The van der Waals surface area contributed by atoms with Crippen molar-refractivity contribution in [3.05, 3.63) is 35.9 Å². The molecule has 0 amide bonds. The van der Waals surface area contributed by atoms with E-state index in [9.17, 15) is 0 Å². The summed E-state index contributed by atoms with van der Waals surface area (Å²) in [5.41, 5.74) is 0.148. The Bertz CT molecular complexity index is 753. The van der Waals surface area contributed by atoms with Gasteiger partial charge in [0.1, 0.15) is 5.60 Å². The van der Waals surface area contributed by atoms with Gasteiger partial charge in [-0.2, -0.15) is 5.06 Å². The highest BCUT2D eigenvalue weighted by atomic mass is 16.9. The van der Waals surface area contributed by atoms with Crippen LogP contribution in [0.4, 0.5) is 0 Å². The fourth-order valence-electron chi connectivity index (χ4n) is 5.73. The van der Waals surface area contributed by atoms with Gasteiger partial charge in [0.15, 0.2) is 5.60 Å². The van der Waals surface area contributed by atoms with Gasteiger partial charge in [-0.05, 0) is 53.0 Å². The minimum atomic E-state index is -0.943. The number of benzene rings is 1. The number of hydrogen-bond acceptors (Lipinski definition) is 5. The molecule has 4 aliphatic rings. The summed E-state index contributed by atoms with van der Waals surface area (Å²) in [7, 11) is 0. The number of nitrogens with zero attached hydrogens (tertiary/aromatic N) is 1. The molecule has 3 saturated heterocycles. The fraction of sp³-hybridized carbons (Fsp3) is 0.739. The van der Waals surface area contributed by atoms with E-state index in [2.05, 4.69) is 75.3 Å². The van der Waals surface area contributed by atoms with Crippen molar-refractivity contribution in [1.29, 1.82) is 0 Å². The highest BCUT2D eigenvalue weighted by Gasteiger charge is 2.89. The molecule has 3 heterocycles.